The number of likely N-dealkylation sites (N-methyl/N-ethyl adjacent to an activating group) is 1. The van der Waals surface area contributed by atoms with Gasteiger partial charge in [0.2, 0.25) is 0 Å². The maximum absolute atomic E-state index is 12.4. The molecule has 2 N–H and O–H groups in total. The third-order valence-electron chi connectivity index (χ3n) is 6.85. The quantitative estimate of drug-likeness (QED) is 0.125. The van der Waals surface area contributed by atoms with Gasteiger partial charge in [0.15, 0.2) is 9.79 Å². The van der Waals surface area contributed by atoms with E-state index in [0.29, 0.717) is 65.7 Å². The molecule has 12 heteroatoms. The molecule has 0 aliphatic carbocycles. The molecule has 2 atom stereocenters. The number of benzene rings is 4. The summed E-state index contributed by atoms with van der Waals surface area (Å²) in [5.74, 6) is 2.03. The second-order valence-corrected chi connectivity index (χ2v) is 14.5. The number of nitrogens with zero attached hydrogens (tertiary/aromatic N) is 1. The molecule has 0 saturated heterocycles. The van der Waals surface area contributed by atoms with E-state index in [1.165, 1.54) is 0 Å². The highest BCUT2D eigenvalue weighted by Crippen LogP contribution is 2.37. The SMILES string of the molecule is CN(C)C(N)(Cc1cc([S+](C)[O-])ccc1Oc1ccc(Cl)c(Cl)c1)Cc1cc([S+](C)[O-])ccc1Oc1ccc(Cl)c(Cl)c1. The Morgan fingerprint density at radius 3 is 1.37 bits per heavy atom. The molecule has 228 valence electrons. The van der Waals surface area contributed by atoms with Crippen molar-refractivity contribution < 1.29 is 18.6 Å². The molecule has 0 radical (unpaired) electrons. The number of nitrogens with two attached hydrogens (primary N) is 1. The van der Waals surface area contributed by atoms with E-state index in [4.69, 9.17) is 61.6 Å². The average Bonchev–Trinajstić information content (AvgIpc) is 2.94. The van der Waals surface area contributed by atoms with Crippen LogP contribution >= 0.6 is 46.4 Å². The Labute approximate surface area is 278 Å². The van der Waals surface area contributed by atoms with E-state index < -0.39 is 28.0 Å². The molecule has 0 aliphatic rings. The molecule has 0 amide bonds. The molecule has 0 saturated carbocycles. The summed E-state index contributed by atoms with van der Waals surface area (Å²) in [6.07, 6.45) is 3.83. The lowest BCUT2D eigenvalue weighted by atomic mass is 9.91. The first-order chi connectivity index (χ1) is 20.3. The lowest BCUT2D eigenvalue weighted by Gasteiger charge is -2.37. The molecule has 0 aliphatic heterocycles. The summed E-state index contributed by atoms with van der Waals surface area (Å²) in [5, 5.41) is 1.54. The summed E-state index contributed by atoms with van der Waals surface area (Å²) in [6, 6.07) is 20.7. The standard InChI is InChI=1S/C31H30Cl4N2O4S2/c1-37(2)31(36,17-19-13-23(42(3)38)7-11-29(19)40-21-5-9-25(32)27(34)15-21)18-20-14-24(43(4)39)8-12-30(20)41-22-6-10-26(33)28(35)16-22/h5-16H,17-18,36H2,1-4H3. The fourth-order valence-electron chi connectivity index (χ4n) is 4.32. The summed E-state index contributed by atoms with van der Waals surface area (Å²) in [7, 11) is 3.76. The van der Waals surface area contributed by atoms with E-state index in [1.54, 1.807) is 73.2 Å². The lowest BCUT2D eigenvalue weighted by Crippen LogP contribution is -2.56. The van der Waals surface area contributed by atoms with E-state index in [0.717, 1.165) is 11.1 Å². The van der Waals surface area contributed by atoms with Crippen molar-refractivity contribution in [2.75, 3.05) is 26.6 Å². The number of halogens is 4. The summed E-state index contributed by atoms with van der Waals surface area (Å²) >= 11 is 22.2. The average molecular weight is 701 g/mol. The van der Waals surface area contributed by atoms with Crippen LogP contribution in [0.5, 0.6) is 23.0 Å². The molecule has 6 nitrogen and oxygen atoms in total. The van der Waals surface area contributed by atoms with Gasteiger partial charge >= 0.3 is 0 Å². The van der Waals surface area contributed by atoms with Gasteiger partial charge in [0, 0.05) is 48.2 Å². The van der Waals surface area contributed by atoms with Gasteiger partial charge in [-0.2, -0.15) is 0 Å². The first-order valence-electron chi connectivity index (χ1n) is 12.9. The number of hydrogen-bond donors (Lipinski definition) is 1. The predicted octanol–water partition coefficient (Wildman–Crippen LogP) is 8.36. The van der Waals surface area contributed by atoms with Crippen molar-refractivity contribution in [3.05, 3.63) is 104 Å². The Morgan fingerprint density at radius 1 is 0.651 bits per heavy atom. The Balaban J connectivity index is 1.74. The molecule has 4 aromatic rings. The van der Waals surface area contributed by atoms with E-state index >= 15 is 0 Å². The smallest absolute Gasteiger partial charge is 0.152 e. The molecule has 43 heavy (non-hydrogen) atoms. The Morgan fingerprint density at radius 2 is 1.05 bits per heavy atom. The van der Waals surface area contributed by atoms with Crippen molar-refractivity contribution in [3.63, 3.8) is 0 Å². The summed E-state index contributed by atoms with van der Waals surface area (Å²) in [6.45, 7) is 0. The maximum Gasteiger partial charge on any atom is 0.152 e. The number of ether oxygens (including phenoxy) is 2. The topological polar surface area (TPSA) is 93.8 Å². The highest BCUT2D eigenvalue weighted by atomic mass is 35.5. The summed E-state index contributed by atoms with van der Waals surface area (Å²) in [4.78, 5) is 3.17. The second kappa shape index (κ2) is 14.5. The van der Waals surface area contributed by atoms with Crippen molar-refractivity contribution in [1.82, 2.24) is 4.90 Å². The lowest BCUT2D eigenvalue weighted by molar-refractivity contribution is 0.155. The highest BCUT2D eigenvalue weighted by Gasteiger charge is 2.32. The van der Waals surface area contributed by atoms with Gasteiger partial charge in [-0.25, -0.2) is 0 Å². The monoisotopic (exact) mass is 698 g/mol. The third kappa shape index (κ3) is 8.67. The van der Waals surface area contributed by atoms with Gasteiger partial charge in [-0.3, -0.25) is 4.90 Å². The zero-order valence-electron chi connectivity index (χ0n) is 23.8. The molecule has 2 unspecified atom stereocenters. The molecule has 0 heterocycles. The van der Waals surface area contributed by atoms with Crippen LogP contribution < -0.4 is 15.2 Å². The van der Waals surface area contributed by atoms with Gasteiger partial charge in [0.1, 0.15) is 35.5 Å². The van der Waals surface area contributed by atoms with Crippen LogP contribution in [0.25, 0.3) is 0 Å². The van der Waals surface area contributed by atoms with E-state index in [2.05, 4.69) is 0 Å². The van der Waals surface area contributed by atoms with E-state index in [1.807, 2.05) is 31.1 Å². The fourth-order valence-corrected chi connectivity index (χ4v) is 6.03. The largest absolute Gasteiger partial charge is 0.612 e. The maximum atomic E-state index is 12.4. The van der Waals surface area contributed by atoms with Crippen LogP contribution in [0.3, 0.4) is 0 Å². The summed E-state index contributed by atoms with van der Waals surface area (Å²) in [5.41, 5.74) is 7.63. The number of rotatable bonds is 11. The Hall–Kier alpha value is -1.82. The van der Waals surface area contributed by atoms with Gasteiger partial charge in [-0.1, -0.05) is 46.4 Å². The minimum atomic E-state index is -1.24. The van der Waals surface area contributed by atoms with Crippen molar-refractivity contribution in [1.29, 1.82) is 0 Å². The molecule has 0 fully saturated rings. The first-order valence-corrected chi connectivity index (χ1v) is 17.5. The van der Waals surface area contributed by atoms with Crippen LogP contribution in [-0.2, 0) is 35.2 Å². The molecular formula is C31H30Cl4N2O4S2. The highest BCUT2D eigenvalue weighted by molar-refractivity contribution is 7.91. The van der Waals surface area contributed by atoms with Crippen molar-refractivity contribution in [3.8, 4) is 23.0 Å². The molecule has 0 aromatic heterocycles. The van der Waals surface area contributed by atoms with Crippen LogP contribution in [0.4, 0.5) is 0 Å². The molecule has 0 spiro atoms. The molecular weight excluding hydrogens is 670 g/mol. The zero-order valence-corrected chi connectivity index (χ0v) is 28.5. The van der Waals surface area contributed by atoms with Crippen molar-refractivity contribution in [2.24, 2.45) is 5.73 Å². The van der Waals surface area contributed by atoms with Crippen LogP contribution in [0, 0.1) is 0 Å². The van der Waals surface area contributed by atoms with Gasteiger partial charge < -0.3 is 24.3 Å². The van der Waals surface area contributed by atoms with Crippen molar-refractivity contribution in [2.45, 2.75) is 28.3 Å². The van der Waals surface area contributed by atoms with E-state index in [9.17, 15) is 9.11 Å². The van der Waals surface area contributed by atoms with Gasteiger partial charge in [-0.15, -0.1) is 0 Å². The number of hydrogen-bond acceptors (Lipinski definition) is 6. The van der Waals surface area contributed by atoms with E-state index in [-0.39, 0.29) is 0 Å². The normalized spacial score (nSPS) is 14.3. The molecule has 0 bridgehead atoms. The van der Waals surface area contributed by atoms with Crippen LogP contribution in [-0.4, -0.2) is 46.3 Å². The summed E-state index contributed by atoms with van der Waals surface area (Å²) < 4.78 is 37.3. The molecule has 4 rings (SSSR count). The Kier molecular flexibility index (Phi) is 11.5. The van der Waals surface area contributed by atoms with Gasteiger partial charge in [0.25, 0.3) is 0 Å². The third-order valence-corrected chi connectivity index (χ3v) is 10.2. The second-order valence-electron chi connectivity index (χ2n) is 10.2. The van der Waals surface area contributed by atoms with Crippen molar-refractivity contribution >= 4 is 68.8 Å². The minimum Gasteiger partial charge on any atom is -0.612 e. The van der Waals surface area contributed by atoms with Gasteiger partial charge in [0.05, 0.1) is 25.8 Å². The minimum absolute atomic E-state index is 0.299. The van der Waals surface area contributed by atoms with Crippen LogP contribution in [0.15, 0.2) is 82.6 Å². The Bertz CT molecular complexity index is 1490. The first kappa shape index (κ1) is 34.1. The van der Waals surface area contributed by atoms with Crippen LogP contribution in [0.1, 0.15) is 11.1 Å². The zero-order chi connectivity index (χ0) is 31.5. The van der Waals surface area contributed by atoms with Gasteiger partial charge in [-0.05, 0) is 85.0 Å². The molecule has 4 aromatic carbocycles. The van der Waals surface area contributed by atoms with Crippen LogP contribution in [0.2, 0.25) is 20.1 Å². The predicted molar refractivity (Wildman–Crippen MR) is 179 cm³/mol. The fraction of sp³-hybridized carbons (Fsp3) is 0.226.